The Morgan fingerprint density at radius 2 is 2.17 bits per heavy atom. The van der Waals surface area contributed by atoms with Crippen molar-refractivity contribution in [3.63, 3.8) is 0 Å². The maximum atomic E-state index is 11.1. The van der Waals surface area contributed by atoms with Crippen molar-refractivity contribution in [2.45, 2.75) is 10.1 Å². The number of nitrogens with zero attached hydrogens (tertiary/aromatic N) is 2. The summed E-state index contributed by atoms with van der Waals surface area (Å²) < 4.78 is 0.782. The second-order valence-corrected chi connectivity index (χ2v) is 5.15. The van der Waals surface area contributed by atoms with Gasteiger partial charge in [-0.1, -0.05) is 0 Å². The van der Waals surface area contributed by atoms with Crippen LogP contribution in [-0.4, -0.2) is 21.0 Å². The van der Waals surface area contributed by atoms with Crippen molar-refractivity contribution in [3.05, 3.63) is 40.6 Å². The third kappa shape index (κ3) is 2.80. The number of rotatable bonds is 3. The topological polar surface area (TPSA) is 89.1 Å². The van der Waals surface area contributed by atoms with Crippen LogP contribution in [0.4, 0.5) is 5.69 Å². The zero-order valence-corrected chi connectivity index (χ0v) is 11.4. The van der Waals surface area contributed by atoms with Crippen molar-refractivity contribution < 1.29 is 9.90 Å². The molecular formula is C11H8BrN3O2S. The minimum absolute atomic E-state index is 0.0672. The molecule has 0 amide bonds. The highest BCUT2D eigenvalue weighted by molar-refractivity contribution is 9.10. The van der Waals surface area contributed by atoms with Crippen LogP contribution in [0.15, 0.2) is 45.1 Å². The number of carbonyl (C=O) groups is 1. The van der Waals surface area contributed by atoms with Gasteiger partial charge in [-0.25, -0.2) is 14.8 Å². The molecule has 2 aromatic rings. The Kier molecular flexibility index (Phi) is 3.83. The molecule has 18 heavy (non-hydrogen) atoms. The molecule has 2 rings (SSSR count). The van der Waals surface area contributed by atoms with E-state index in [9.17, 15) is 4.79 Å². The van der Waals surface area contributed by atoms with E-state index in [1.54, 1.807) is 12.3 Å². The maximum Gasteiger partial charge on any atom is 0.338 e. The molecule has 0 unspecified atom stereocenters. The first-order valence-corrected chi connectivity index (χ1v) is 6.46. The minimum atomic E-state index is -1.07. The Labute approximate surface area is 116 Å². The number of hydrogen-bond donors (Lipinski definition) is 2. The predicted molar refractivity (Wildman–Crippen MR) is 71.7 cm³/mol. The number of pyridine rings is 2. The predicted octanol–water partition coefficient (Wildman–Crippen LogP) is 2.67. The number of aromatic carboxylic acids is 1. The third-order valence-corrected chi connectivity index (χ3v) is 3.96. The van der Waals surface area contributed by atoms with Gasteiger partial charge in [-0.2, -0.15) is 0 Å². The van der Waals surface area contributed by atoms with Crippen molar-refractivity contribution in [2.75, 3.05) is 5.73 Å². The minimum Gasteiger partial charge on any atom is -0.478 e. The average Bonchev–Trinajstić information content (AvgIpc) is 2.34. The molecule has 0 saturated carbocycles. The molecule has 0 aliphatic heterocycles. The number of hydrogen-bond acceptors (Lipinski definition) is 5. The molecule has 0 spiro atoms. The van der Waals surface area contributed by atoms with Gasteiger partial charge in [0.25, 0.3) is 0 Å². The summed E-state index contributed by atoms with van der Waals surface area (Å²) >= 11 is 4.52. The summed E-state index contributed by atoms with van der Waals surface area (Å²) in [5, 5.41) is 10.1. The van der Waals surface area contributed by atoms with Crippen LogP contribution in [0.2, 0.25) is 0 Å². The fourth-order valence-electron chi connectivity index (χ4n) is 1.24. The number of anilines is 1. The molecule has 0 bridgehead atoms. The average molecular weight is 326 g/mol. The van der Waals surface area contributed by atoms with Crippen molar-refractivity contribution in [2.24, 2.45) is 0 Å². The van der Waals surface area contributed by atoms with E-state index < -0.39 is 5.97 Å². The lowest BCUT2D eigenvalue weighted by molar-refractivity contribution is 0.0692. The highest BCUT2D eigenvalue weighted by Crippen LogP contribution is 2.32. The Bertz CT molecular complexity index is 607. The summed E-state index contributed by atoms with van der Waals surface area (Å²) in [5.41, 5.74) is 5.91. The molecule has 0 radical (unpaired) electrons. The third-order valence-electron chi connectivity index (χ3n) is 2.02. The van der Waals surface area contributed by atoms with Crippen LogP contribution in [-0.2, 0) is 0 Å². The molecule has 3 N–H and O–H groups in total. The van der Waals surface area contributed by atoms with Crippen LogP contribution < -0.4 is 5.73 Å². The van der Waals surface area contributed by atoms with Crippen LogP contribution in [0.3, 0.4) is 0 Å². The first kappa shape index (κ1) is 12.8. The Morgan fingerprint density at radius 3 is 2.83 bits per heavy atom. The lowest BCUT2D eigenvalue weighted by Crippen LogP contribution is -2.02. The first-order valence-electron chi connectivity index (χ1n) is 4.85. The molecule has 0 saturated heterocycles. The molecule has 92 valence electrons. The van der Waals surface area contributed by atoms with E-state index in [0.29, 0.717) is 15.7 Å². The molecule has 0 aliphatic carbocycles. The highest BCUT2D eigenvalue weighted by atomic mass is 79.9. The fraction of sp³-hybridized carbons (Fsp3) is 0. The largest absolute Gasteiger partial charge is 0.478 e. The normalized spacial score (nSPS) is 10.3. The molecule has 0 atom stereocenters. The zero-order valence-electron chi connectivity index (χ0n) is 9.00. The molecule has 0 fully saturated rings. The second kappa shape index (κ2) is 5.36. The van der Waals surface area contributed by atoms with Gasteiger partial charge in [0.05, 0.1) is 21.9 Å². The van der Waals surface area contributed by atoms with E-state index in [1.165, 1.54) is 24.0 Å². The number of nitrogens with two attached hydrogens (primary N) is 1. The van der Waals surface area contributed by atoms with Gasteiger partial charge >= 0.3 is 5.97 Å². The van der Waals surface area contributed by atoms with Crippen molar-refractivity contribution in [1.82, 2.24) is 9.97 Å². The quantitative estimate of drug-likeness (QED) is 0.901. The lowest BCUT2D eigenvalue weighted by Gasteiger charge is -2.06. The summed E-state index contributed by atoms with van der Waals surface area (Å²) in [4.78, 5) is 19.3. The molecule has 2 aromatic heterocycles. The van der Waals surface area contributed by atoms with E-state index in [4.69, 9.17) is 10.8 Å². The smallest absolute Gasteiger partial charge is 0.338 e. The standard InChI is InChI=1S/C11H8BrN3O2S/c12-8-2-1-3-14-10(8)18-9-7(11(16)17)4-6(13)5-15-9/h1-5H,13H2,(H,16,17). The summed E-state index contributed by atoms with van der Waals surface area (Å²) in [7, 11) is 0. The molecule has 5 nitrogen and oxygen atoms in total. The van der Waals surface area contributed by atoms with Crippen LogP contribution in [0.1, 0.15) is 10.4 Å². The van der Waals surface area contributed by atoms with E-state index in [1.807, 2.05) is 6.07 Å². The van der Waals surface area contributed by atoms with Gasteiger partial charge in [0, 0.05) is 6.20 Å². The molecule has 7 heteroatoms. The fourth-order valence-corrected chi connectivity index (χ4v) is 2.56. The zero-order chi connectivity index (χ0) is 13.1. The van der Waals surface area contributed by atoms with Gasteiger partial charge in [0.2, 0.25) is 0 Å². The van der Waals surface area contributed by atoms with E-state index >= 15 is 0 Å². The van der Waals surface area contributed by atoms with Crippen LogP contribution >= 0.6 is 27.7 Å². The number of aromatic nitrogens is 2. The van der Waals surface area contributed by atoms with Crippen LogP contribution in [0, 0.1) is 0 Å². The van der Waals surface area contributed by atoms with Gasteiger partial charge in [0.15, 0.2) is 0 Å². The Hall–Kier alpha value is -1.60. The number of carboxylic acids is 1. The molecule has 0 aromatic carbocycles. The Morgan fingerprint density at radius 1 is 1.39 bits per heavy atom. The van der Waals surface area contributed by atoms with Gasteiger partial charge in [-0.3, -0.25) is 0 Å². The monoisotopic (exact) mass is 325 g/mol. The summed E-state index contributed by atoms with van der Waals surface area (Å²) in [5.74, 6) is -1.07. The maximum absolute atomic E-state index is 11.1. The van der Waals surface area contributed by atoms with Crippen LogP contribution in [0.25, 0.3) is 0 Å². The van der Waals surface area contributed by atoms with Crippen LogP contribution in [0.5, 0.6) is 0 Å². The number of halogens is 1. The van der Waals surface area contributed by atoms with Crippen molar-refractivity contribution in [3.8, 4) is 0 Å². The van der Waals surface area contributed by atoms with Gasteiger partial charge in [-0.05, 0) is 45.9 Å². The first-order chi connectivity index (χ1) is 8.58. The lowest BCUT2D eigenvalue weighted by atomic mass is 10.3. The van der Waals surface area contributed by atoms with Crippen molar-refractivity contribution >= 4 is 39.3 Å². The highest BCUT2D eigenvalue weighted by Gasteiger charge is 2.15. The molecule has 0 aliphatic rings. The van der Waals surface area contributed by atoms with Crippen molar-refractivity contribution in [1.29, 1.82) is 0 Å². The van der Waals surface area contributed by atoms with Gasteiger partial charge < -0.3 is 10.8 Å². The summed E-state index contributed by atoms with van der Waals surface area (Å²) in [6.45, 7) is 0. The van der Waals surface area contributed by atoms with E-state index in [-0.39, 0.29) is 5.56 Å². The van der Waals surface area contributed by atoms with Gasteiger partial charge in [-0.15, -0.1) is 0 Å². The Balaban J connectivity index is 2.41. The van der Waals surface area contributed by atoms with E-state index in [0.717, 1.165) is 4.47 Å². The van der Waals surface area contributed by atoms with Gasteiger partial charge in [0.1, 0.15) is 10.1 Å². The molecule has 2 heterocycles. The number of nitrogen functional groups attached to an aromatic ring is 1. The number of carboxylic acid groups (broad SMARTS) is 1. The van der Waals surface area contributed by atoms with E-state index in [2.05, 4.69) is 25.9 Å². The molecular weight excluding hydrogens is 318 g/mol. The SMILES string of the molecule is Nc1cnc(Sc2ncccc2Br)c(C(=O)O)c1. The summed E-state index contributed by atoms with van der Waals surface area (Å²) in [6, 6.07) is 4.99. The second-order valence-electron chi connectivity index (χ2n) is 3.32. The summed E-state index contributed by atoms with van der Waals surface area (Å²) in [6.07, 6.45) is 3.05.